The fraction of sp³-hybridized carbons (Fsp3) is 0.500. The number of benzene rings is 1. The quantitative estimate of drug-likeness (QED) is 0.890. The molecule has 5 heteroatoms. The number of rotatable bonds is 4. The molecule has 1 aliphatic heterocycles. The van der Waals surface area contributed by atoms with Crippen molar-refractivity contribution in [3.8, 4) is 6.07 Å². The number of likely N-dealkylation sites (N-methyl/N-ethyl adjacent to an activating group) is 1. The van der Waals surface area contributed by atoms with Gasteiger partial charge < -0.3 is 9.84 Å². The topological polar surface area (TPSA) is 56.5 Å². The summed E-state index contributed by atoms with van der Waals surface area (Å²) in [6.45, 7) is 1.69. The van der Waals surface area contributed by atoms with E-state index < -0.39 is 5.82 Å². The van der Waals surface area contributed by atoms with Gasteiger partial charge in [-0.25, -0.2) is 4.39 Å². The van der Waals surface area contributed by atoms with Crippen LogP contribution in [0.5, 0.6) is 0 Å². The van der Waals surface area contributed by atoms with Gasteiger partial charge in [0, 0.05) is 13.2 Å². The van der Waals surface area contributed by atoms with Gasteiger partial charge in [-0.3, -0.25) is 4.90 Å². The molecule has 1 atom stereocenters. The maximum Gasteiger partial charge on any atom is 0.140 e. The Morgan fingerprint density at radius 1 is 1.58 bits per heavy atom. The molecular weight excluding hydrogens is 247 g/mol. The Morgan fingerprint density at radius 2 is 2.37 bits per heavy atom. The van der Waals surface area contributed by atoms with E-state index >= 15 is 0 Å². The van der Waals surface area contributed by atoms with E-state index in [1.807, 2.05) is 18.0 Å². The van der Waals surface area contributed by atoms with Crippen LogP contribution in [0.4, 0.5) is 4.39 Å². The van der Waals surface area contributed by atoms with Gasteiger partial charge in [-0.15, -0.1) is 0 Å². The van der Waals surface area contributed by atoms with E-state index in [2.05, 4.69) is 0 Å². The molecular formula is C14H17FN2O2. The average Bonchev–Trinajstić information content (AvgIpc) is 2.91. The van der Waals surface area contributed by atoms with Gasteiger partial charge in [0.25, 0.3) is 0 Å². The number of hydrogen-bond donors (Lipinski definition) is 1. The summed E-state index contributed by atoms with van der Waals surface area (Å²) in [7, 11) is 1.90. The highest BCUT2D eigenvalue weighted by Gasteiger charge is 2.38. The van der Waals surface area contributed by atoms with Crippen LogP contribution in [0.1, 0.15) is 17.5 Å². The summed E-state index contributed by atoms with van der Waals surface area (Å²) in [6, 6.07) is 6.35. The van der Waals surface area contributed by atoms with Crippen LogP contribution in [0.25, 0.3) is 0 Å². The summed E-state index contributed by atoms with van der Waals surface area (Å²) < 4.78 is 18.6. The van der Waals surface area contributed by atoms with Crippen molar-refractivity contribution in [1.82, 2.24) is 4.90 Å². The van der Waals surface area contributed by atoms with Gasteiger partial charge in [0.1, 0.15) is 11.9 Å². The summed E-state index contributed by atoms with van der Waals surface area (Å²) in [5, 5.41) is 18.4. The minimum Gasteiger partial charge on any atom is -0.394 e. The first-order valence-electron chi connectivity index (χ1n) is 6.20. The Kier molecular flexibility index (Phi) is 4.15. The predicted octanol–water partition coefficient (Wildman–Crippen LogP) is 1.28. The Bertz CT molecular complexity index is 493. The molecule has 0 saturated carbocycles. The van der Waals surface area contributed by atoms with Crippen LogP contribution in [0, 0.1) is 17.1 Å². The number of aliphatic hydroxyl groups is 1. The first-order chi connectivity index (χ1) is 9.11. The Hall–Kier alpha value is -1.48. The molecule has 4 nitrogen and oxygen atoms in total. The molecule has 1 N–H and O–H groups in total. The van der Waals surface area contributed by atoms with E-state index in [9.17, 15) is 9.50 Å². The lowest BCUT2D eigenvalue weighted by molar-refractivity contribution is 0.0314. The molecule has 0 aliphatic carbocycles. The summed E-state index contributed by atoms with van der Waals surface area (Å²) >= 11 is 0. The molecule has 1 unspecified atom stereocenters. The van der Waals surface area contributed by atoms with Crippen LogP contribution >= 0.6 is 0 Å². The third kappa shape index (κ3) is 2.76. The van der Waals surface area contributed by atoms with Crippen LogP contribution in [0.2, 0.25) is 0 Å². The van der Waals surface area contributed by atoms with Crippen molar-refractivity contribution < 1.29 is 14.2 Å². The fourth-order valence-corrected chi connectivity index (χ4v) is 2.34. The highest BCUT2D eigenvalue weighted by atomic mass is 19.1. The first kappa shape index (κ1) is 13.9. The molecule has 1 aromatic carbocycles. The zero-order valence-electron chi connectivity index (χ0n) is 10.9. The normalized spacial score (nSPS) is 22.7. The monoisotopic (exact) mass is 264 g/mol. The molecule has 19 heavy (non-hydrogen) atoms. The lowest BCUT2D eigenvalue weighted by Gasteiger charge is -2.35. The molecule has 1 heterocycles. The van der Waals surface area contributed by atoms with Crippen molar-refractivity contribution in [3.63, 3.8) is 0 Å². The molecule has 1 fully saturated rings. The Morgan fingerprint density at radius 3 is 2.95 bits per heavy atom. The van der Waals surface area contributed by atoms with Crippen molar-refractivity contribution in [2.75, 3.05) is 26.9 Å². The second-order valence-electron chi connectivity index (χ2n) is 4.97. The van der Waals surface area contributed by atoms with Gasteiger partial charge >= 0.3 is 0 Å². The Balaban J connectivity index is 2.14. The number of aliphatic hydroxyl groups excluding tert-OH is 1. The SMILES string of the molecule is CN(Cc1ccc(F)c(C#N)c1)C1(CO)CCOC1. The molecule has 1 saturated heterocycles. The van der Waals surface area contributed by atoms with E-state index in [0.29, 0.717) is 19.8 Å². The lowest BCUT2D eigenvalue weighted by Crippen LogP contribution is -2.49. The van der Waals surface area contributed by atoms with Crippen molar-refractivity contribution in [2.24, 2.45) is 0 Å². The fourth-order valence-electron chi connectivity index (χ4n) is 2.34. The zero-order valence-corrected chi connectivity index (χ0v) is 10.9. The van der Waals surface area contributed by atoms with E-state index in [1.165, 1.54) is 6.07 Å². The van der Waals surface area contributed by atoms with Crippen molar-refractivity contribution in [2.45, 2.75) is 18.5 Å². The lowest BCUT2D eigenvalue weighted by atomic mass is 9.97. The van der Waals surface area contributed by atoms with Gasteiger partial charge in [0.2, 0.25) is 0 Å². The highest BCUT2D eigenvalue weighted by molar-refractivity contribution is 5.34. The molecule has 0 spiro atoms. The van der Waals surface area contributed by atoms with Crippen molar-refractivity contribution in [1.29, 1.82) is 5.26 Å². The number of halogens is 1. The summed E-state index contributed by atoms with van der Waals surface area (Å²) in [5.41, 5.74) is 0.521. The van der Waals surface area contributed by atoms with Gasteiger partial charge in [-0.1, -0.05) is 6.07 Å². The highest BCUT2D eigenvalue weighted by Crippen LogP contribution is 2.26. The number of ether oxygens (including phenoxy) is 1. The van der Waals surface area contributed by atoms with Crippen molar-refractivity contribution in [3.05, 3.63) is 35.1 Å². The molecule has 1 aliphatic rings. The number of nitrogens with zero attached hydrogens (tertiary/aromatic N) is 2. The van der Waals surface area contributed by atoms with Crippen LogP contribution in [0.3, 0.4) is 0 Å². The third-order valence-corrected chi connectivity index (χ3v) is 3.76. The largest absolute Gasteiger partial charge is 0.394 e. The minimum atomic E-state index is -0.505. The van der Waals surface area contributed by atoms with Crippen LogP contribution in [-0.4, -0.2) is 42.4 Å². The standard InChI is InChI=1S/C14H17FN2O2/c1-17(14(9-18)4-5-19-10-14)8-11-2-3-13(15)12(6-11)7-16/h2-3,6,18H,4-5,8-10H2,1H3. The first-order valence-corrected chi connectivity index (χ1v) is 6.20. The zero-order chi connectivity index (χ0) is 13.9. The number of nitriles is 1. The summed E-state index contributed by atoms with van der Waals surface area (Å²) in [6.07, 6.45) is 0.770. The van der Waals surface area contributed by atoms with Gasteiger partial charge in [0.15, 0.2) is 0 Å². The van der Waals surface area contributed by atoms with Crippen molar-refractivity contribution >= 4 is 0 Å². The van der Waals surface area contributed by atoms with E-state index in [0.717, 1.165) is 12.0 Å². The molecule has 0 aromatic heterocycles. The third-order valence-electron chi connectivity index (χ3n) is 3.76. The molecule has 1 aromatic rings. The number of hydrogen-bond acceptors (Lipinski definition) is 4. The second-order valence-corrected chi connectivity index (χ2v) is 4.97. The van der Waals surface area contributed by atoms with Crippen LogP contribution < -0.4 is 0 Å². The van der Waals surface area contributed by atoms with Gasteiger partial charge in [0.05, 0.1) is 24.3 Å². The van der Waals surface area contributed by atoms with Crippen LogP contribution in [0.15, 0.2) is 18.2 Å². The smallest absolute Gasteiger partial charge is 0.140 e. The van der Waals surface area contributed by atoms with Gasteiger partial charge in [-0.05, 0) is 31.2 Å². The van der Waals surface area contributed by atoms with E-state index in [-0.39, 0.29) is 17.7 Å². The average molecular weight is 264 g/mol. The summed E-state index contributed by atoms with van der Waals surface area (Å²) in [5.74, 6) is -0.505. The van der Waals surface area contributed by atoms with E-state index in [4.69, 9.17) is 10.00 Å². The predicted molar refractivity (Wildman–Crippen MR) is 67.8 cm³/mol. The molecule has 0 bridgehead atoms. The van der Waals surface area contributed by atoms with Crippen LogP contribution in [-0.2, 0) is 11.3 Å². The minimum absolute atomic E-state index is 0.0236. The maximum absolute atomic E-state index is 13.3. The second kappa shape index (κ2) is 5.66. The van der Waals surface area contributed by atoms with E-state index in [1.54, 1.807) is 12.1 Å². The molecule has 102 valence electrons. The maximum atomic E-state index is 13.3. The molecule has 2 rings (SSSR count). The molecule has 0 radical (unpaired) electrons. The Labute approximate surface area is 112 Å². The van der Waals surface area contributed by atoms with Gasteiger partial charge in [-0.2, -0.15) is 5.26 Å². The summed E-state index contributed by atoms with van der Waals surface area (Å²) in [4.78, 5) is 2.01. The molecule has 0 amide bonds.